The highest BCUT2D eigenvalue weighted by atomic mass is 15.1. The molecule has 1 aromatic heterocycles. The van der Waals surface area contributed by atoms with Gasteiger partial charge in [0.15, 0.2) is 0 Å². The smallest absolute Gasteiger partial charge is 0.0490 e. The predicted molar refractivity (Wildman–Crippen MR) is 61.4 cm³/mol. The number of allylic oxidation sites excluding steroid dienone is 1. The summed E-state index contributed by atoms with van der Waals surface area (Å²) >= 11 is 0. The van der Waals surface area contributed by atoms with Crippen LogP contribution in [0.2, 0.25) is 0 Å². The van der Waals surface area contributed by atoms with E-state index in [1.165, 1.54) is 25.7 Å². The van der Waals surface area contributed by atoms with Crippen LogP contribution in [0.4, 0.5) is 0 Å². The Morgan fingerprint density at radius 3 is 3.13 bits per heavy atom. The molecule has 0 amide bonds. The number of nitrogens with zero attached hydrogens (tertiary/aromatic N) is 1. The van der Waals surface area contributed by atoms with Crippen LogP contribution >= 0.6 is 0 Å². The van der Waals surface area contributed by atoms with Gasteiger partial charge in [-0.05, 0) is 38.7 Å². The molecule has 2 N–H and O–H groups in total. The lowest BCUT2D eigenvalue weighted by atomic mass is 9.95. The van der Waals surface area contributed by atoms with E-state index in [1.807, 2.05) is 6.07 Å². The normalized spacial score (nSPS) is 18.6. The first-order valence-electron chi connectivity index (χ1n) is 5.77. The molecule has 3 heteroatoms. The molecule has 1 unspecified atom stereocenters. The molecule has 2 rings (SSSR count). The molecule has 82 valence electrons. The zero-order valence-corrected chi connectivity index (χ0v) is 9.29. The van der Waals surface area contributed by atoms with E-state index in [1.54, 1.807) is 11.8 Å². The summed E-state index contributed by atoms with van der Waals surface area (Å²) in [7, 11) is 0. The van der Waals surface area contributed by atoms with Crippen LogP contribution < -0.4 is 5.32 Å². The molecule has 1 aromatic rings. The summed E-state index contributed by atoms with van der Waals surface area (Å²) in [4.78, 5) is 0. The molecule has 0 spiro atoms. The second-order valence-electron chi connectivity index (χ2n) is 4.21. The second kappa shape index (κ2) is 5.12. The van der Waals surface area contributed by atoms with Crippen molar-refractivity contribution < 1.29 is 0 Å². The second-order valence-corrected chi connectivity index (χ2v) is 4.21. The molecule has 1 atom stereocenters. The Bertz CT molecular complexity index is 314. The minimum absolute atomic E-state index is 0.494. The van der Waals surface area contributed by atoms with Gasteiger partial charge in [-0.2, -0.15) is 5.10 Å². The number of aromatic nitrogens is 2. The van der Waals surface area contributed by atoms with Crippen LogP contribution in [0.5, 0.6) is 0 Å². The standard InChI is InChI=1S/C12H19N3/c1-10(11-5-3-2-4-6-11)13-9-12-7-8-14-15-12/h5,7-8,10,13H,2-4,6,9H2,1H3,(H,14,15). The minimum Gasteiger partial charge on any atom is -0.305 e. The lowest BCUT2D eigenvalue weighted by Gasteiger charge is -2.20. The van der Waals surface area contributed by atoms with Crippen molar-refractivity contribution >= 4 is 0 Å². The Labute approximate surface area is 91.0 Å². The van der Waals surface area contributed by atoms with E-state index in [0.717, 1.165) is 12.2 Å². The van der Waals surface area contributed by atoms with Gasteiger partial charge in [0.2, 0.25) is 0 Å². The fraction of sp³-hybridized carbons (Fsp3) is 0.583. The maximum atomic E-state index is 3.93. The van der Waals surface area contributed by atoms with Crippen LogP contribution in [-0.2, 0) is 6.54 Å². The molecule has 0 saturated heterocycles. The molecule has 0 bridgehead atoms. The van der Waals surface area contributed by atoms with E-state index in [4.69, 9.17) is 0 Å². The van der Waals surface area contributed by atoms with Crippen molar-refractivity contribution in [3.05, 3.63) is 29.6 Å². The minimum atomic E-state index is 0.494. The van der Waals surface area contributed by atoms with E-state index in [-0.39, 0.29) is 0 Å². The number of rotatable bonds is 4. The van der Waals surface area contributed by atoms with E-state index in [2.05, 4.69) is 28.5 Å². The third-order valence-corrected chi connectivity index (χ3v) is 3.04. The maximum Gasteiger partial charge on any atom is 0.0490 e. The average molecular weight is 205 g/mol. The molecular weight excluding hydrogens is 186 g/mol. The van der Waals surface area contributed by atoms with Crippen molar-refractivity contribution in [1.29, 1.82) is 0 Å². The Morgan fingerprint density at radius 2 is 2.47 bits per heavy atom. The number of hydrogen-bond donors (Lipinski definition) is 2. The summed E-state index contributed by atoms with van der Waals surface area (Å²) in [6.07, 6.45) is 9.41. The van der Waals surface area contributed by atoms with Gasteiger partial charge in [0.25, 0.3) is 0 Å². The molecule has 0 radical (unpaired) electrons. The highest BCUT2D eigenvalue weighted by Crippen LogP contribution is 2.20. The molecule has 15 heavy (non-hydrogen) atoms. The molecule has 0 fully saturated rings. The van der Waals surface area contributed by atoms with Crippen LogP contribution in [-0.4, -0.2) is 16.2 Å². The maximum absolute atomic E-state index is 3.93. The van der Waals surface area contributed by atoms with Gasteiger partial charge in [0.1, 0.15) is 0 Å². The average Bonchev–Trinajstić information content (AvgIpc) is 2.80. The predicted octanol–water partition coefficient (Wildman–Crippen LogP) is 2.39. The summed E-state index contributed by atoms with van der Waals surface area (Å²) in [5.74, 6) is 0. The number of H-pyrrole nitrogens is 1. The highest BCUT2D eigenvalue weighted by Gasteiger charge is 2.10. The van der Waals surface area contributed by atoms with Crippen molar-refractivity contribution in [2.75, 3.05) is 0 Å². The molecule has 0 aromatic carbocycles. The lowest BCUT2D eigenvalue weighted by Crippen LogP contribution is -2.28. The van der Waals surface area contributed by atoms with Gasteiger partial charge < -0.3 is 5.32 Å². The zero-order chi connectivity index (χ0) is 10.5. The molecule has 0 saturated carbocycles. The van der Waals surface area contributed by atoms with Gasteiger partial charge in [0, 0.05) is 24.5 Å². The fourth-order valence-corrected chi connectivity index (χ4v) is 2.03. The fourth-order valence-electron chi connectivity index (χ4n) is 2.03. The summed E-state index contributed by atoms with van der Waals surface area (Å²) in [6, 6.07) is 2.50. The Kier molecular flexibility index (Phi) is 3.56. The number of aromatic amines is 1. The lowest BCUT2D eigenvalue weighted by molar-refractivity contribution is 0.554. The van der Waals surface area contributed by atoms with Gasteiger partial charge in [0.05, 0.1) is 0 Å². The largest absolute Gasteiger partial charge is 0.305 e. The van der Waals surface area contributed by atoms with E-state index in [9.17, 15) is 0 Å². The van der Waals surface area contributed by atoms with Crippen molar-refractivity contribution in [1.82, 2.24) is 15.5 Å². The van der Waals surface area contributed by atoms with Crippen LogP contribution in [0.3, 0.4) is 0 Å². The Balaban J connectivity index is 1.81. The third-order valence-electron chi connectivity index (χ3n) is 3.04. The van der Waals surface area contributed by atoms with E-state index < -0.39 is 0 Å². The van der Waals surface area contributed by atoms with Crippen molar-refractivity contribution in [2.45, 2.75) is 45.2 Å². The molecule has 1 aliphatic rings. The summed E-state index contributed by atoms with van der Waals surface area (Å²) in [5.41, 5.74) is 2.72. The van der Waals surface area contributed by atoms with Gasteiger partial charge in [-0.3, -0.25) is 5.10 Å². The first-order valence-corrected chi connectivity index (χ1v) is 5.77. The summed E-state index contributed by atoms with van der Waals surface area (Å²) < 4.78 is 0. The van der Waals surface area contributed by atoms with Crippen LogP contribution in [0, 0.1) is 0 Å². The molecule has 0 aliphatic heterocycles. The first-order chi connectivity index (χ1) is 7.36. The summed E-state index contributed by atoms with van der Waals surface area (Å²) in [5, 5.41) is 10.4. The highest BCUT2D eigenvalue weighted by molar-refractivity contribution is 5.12. The van der Waals surface area contributed by atoms with E-state index >= 15 is 0 Å². The van der Waals surface area contributed by atoms with Crippen molar-refractivity contribution in [3.63, 3.8) is 0 Å². The Morgan fingerprint density at radius 1 is 1.53 bits per heavy atom. The van der Waals surface area contributed by atoms with Gasteiger partial charge >= 0.3 is 0 Å². The molecule has 1 heterocycles. The molecular formula is C12H19N3. The Hall–Kier alpha value is -1.09. The zero-order valence-electron chi connectivity index (χ0n) is 9.29. The van der Waals surface area contributed by atoms with Gasteiger partial charge in [-0.1, -0.05) is 11.6 Å². The van der Waals surface area contributed by atoms with Crippen LogP contribution in [0.15, 0.2) is 23.9 Å². The van der Waals surface area contributed by atoms with E-state index in [0.29, 0.717) is 6.04 Å². The van der Waals surface area contributed by atoms with Crippen molar-refractivity contribution in [2.24, 2.45) is 0 Å². The van der Waals surface area contributed by atoms with Crippen LogP contribution in [0.1, 0.15) is 38.3 Å². The van der Waals surface area contributed by atoms with Gasteiger partial charge in [-0.15, -0.1) is 0 Å². The monoisotopic (exact) mass is 205 g/mol. The number of nitrogens with one attached hydrogen (secondary N) is 2. The first kappa shape index (κ1) is 10.4. The molecule has 1 aliphatic carbocycles. The third kappa shape index (κ3) is 2.93. The SMILES string of the molecule is CC(NCc1ccn[nH]1)C1=CCCCC1. The van der Waals surface area contributed by atoms with Crippen LogP contribution in [0.25, 0.3) is 0 Å². The number of hydrogen-bond acceptors (Lipinski definition) is 2. The quantitative estimate of drug-likeness (QED) is 0.741. The summed E-state index contributed by atoms with van der Waals surface area (Å²) in [6.45, 7) is 3.12. The van der Waals surface area contributed by atoms with Gasteiger partial charge in [-0.25, -0.2) is 0 Å². The van der Waals surface area contributed by atoms with Crippen molar-refractivity contribution in [3.8, 4) is 0 Å². The molecule has 3 nitrogen and oxygen atoms in total. The topological polar surface area (TPSA) is 40.7 Å².